The van der Waals surface area contributed by atoms with Crippen molar-refractivity contribution >= 4 is 11.8 Å². The third-order valence-corrected chi connectivity index (χ3v) is 7.26. The highest BCUT2D eigenvalue weighted by atomic mass is 32.2. The summed E-state index contributed by atoms with van der Waals surface area (Å²) < 4.78 is 40.0. The van der Waals surface area contributed by atoms with Crippen LogP contribution in [0.1, 0.15) is 35.4 Å². The molecule has 0 bridgehead atoms. The van der Waals surface area contributed by atoms with E-state index < -0.39 is 11.7 Å². The maximum absolute atomic E-state index is 13.3. The first-order valence-electron chi connectivity index (χ1n) is 10.5. The van der Waals surface area contributed by atoms with Crippen molar-refractivity contribution in [2.24, 2.45) is 0 Å². The third kappa shape index (κ3) is 4.85. The van der Waals surface area contributed by atoms with Crippen LogP contribution in [0.25, 0.3) is 0 Å². The van der Waals surface area contributed by atoms with Gasteiger partial charge in [-0.25, -0.2) is 0 Å². The summed E-state index contributed by atoms with van der Waals surface area (Å²) in [6.45, 7) is 5.74. The second-order valence-electron chi connectivity index (χ2n) is 7.99. The molecule has 0 aliphatic carbocycles. The van der Waals surface area contributed by atoms with Gasteiger partial charge in [-0.15, -0.1) is 0 Å². The fourth-order valence-corrected chi connectivity index (χ4v) is 5.61. The van der Waals surface area contributed by atoms with Gasteiger partial charge >= 0.3 is 6.18 Å². The maximum atomic E-state index is 13.3. The molecule has 3 nitrogen and oxygen atoms in total. The SMILES string of the molecule is OCCN1CCN(CCCC2c3ccccc3Sc3ccc(C(F)(F)F)cc32)CC1. The van der Waals surface area contributed by atoms with E-state index in [0.29, 0.717) is 0 Å². The first kappa shape index (κ1) is 21.7. The first-order chi connectivity index (χ1) is 14.5. The van der Waals surface area contributed by atoms with E-state index in [4.69, 9.17) is 5.11 Å². The van der Waals surface area contributed by atoms with E-state index in [2.05, 4.69) is 21.9 Å². The molecule has 2 heterocycles. The second-order valence-corrected chi connectivity index (χ2v) is 9.08. The molecule has 1 atom stereocenters. The van der Waals surface area contributed by atoms with Gasteiger partial charge in [0.25, 0.3) is 0 Å². The number of fused-ring (bicyclic) bond motifs is 2. The minimum atomic E-state index is -4.32. The van der Waals surface area contributed by atoms with Gasteiger partial charge in [0, 0.05) is 48.4 Å². The van der Waals surface area contributed by atoms with Crippen LogP contribution in [0.4, 0.5) is 13.2 Å². The Bertz CT molecular complexity index is 866. The van der Waals surface area contributed by atoms with Crippen LogP contribution < -0.4 is 0 Å². The summed E-state index contributed by atoms with van der Waals surface area (Å²) in [7, 11) is 0. The van der Waals surface area contributed by atoms with E-state index in [1.54, 1.807) is 17.8 Å². The summed E-state index contributed by atoms with van der Waals surface area (Å²) in [5.74, 6) is -0.00423. The Morgan fingerprint density at radius 2 is 1.57 bits per heavy atom. The molecule has 2 aromatic rings. The Hall–Kier alpha value is -1.54. The topological polar surface area (TPSA) is 26.7 Å². The molecule has 0 spiro atoms. The highest BCUT2D eigenvalue weighted by Crippen LogP contribution is 2.48. The fourth-order valence-electron chi connectivity index (χ4n) is 4.45. The number of nitrogens with zero attached hydrogens (tertiary/aromatic N) is 2. The number of alkyl halides is 3. The third-order valence-electron chi connectivity index (χ3n) is 6.08. The van der Waals surface area contributed by atoms with Gasteiger partial charge in [0.2, 0.25) is 0 Å². The van der Waals surface area contributed by atoms with Gasteiger partial charge in [-0.1, -0.05) is 30.0 Å². The van der Waals surface area contributed by atoms with Crippen molar-refractivity contribution in [1.29, 1.82) is 0 Å². The molecule has 0 radical (unpaired) electrons. The predicted molar refractivity (Wildman–Crippen MR) is 113 cm³/mol. The van der Waals surface area contributed by atoms with Crippen LogP contribution in [0.3, 0.4) is 0 Å². The molecule has 0 amide bonds. The monoisotopic (exact) mass is 436 g/mol. The zero-order chi connectivity index (χ0) is 21.1. The van der Waals surface area contributed by atoms with Crippen molar-refractivity contribution in [3.63, 3.8) is 0 Å². The van der Waals surface area contributed by atoms with Crippen LogP contribution in [0.5, 0.6) is 0 Å². The molecule has 2 aliphatic rings. The van der Waals surface area contributed by atoms with E-state index in [-0.39, 0.29) is 12.5 Å². The zero-order valence-corrected chi connectivity index (χ0v) is 17.7. The summed E-state index contributed by atoms with van der Waals surface area (Å²) in [5, 5.41) is 9.07. The molecule has 0 aromatic heterocycles. The Balaban J connectivity index is 1.47. The molecule has 2 aliphatic heterocycles. The number of aliphatic hydroxyl groups is 1. The molecule has 1 fully saturated rings. The molecular weight excluding hydrogens is 409 g/mol. The average Bonchev–Trinajstić information content (AvgIpc) is 2.73. The molecule has 30 heavy (non-hydrogen) atoms. The zero-order valence-electron chi connectivity index (χ0n) is 16.9. The van der Waals surface area contributed by atoms with Crippen molar-refractivity contribution in [2.75, 3.05) is 45.9 Å². The molecule has 4 rings (SSSR count). The maximum Gasteiger partial charge on any atom is 0.416 e. The minimum Gasteiger partial charge on any atom is -0.395 e. The Labute approximate surface area is 179 Å². The van der Waals surface area contributed by atoms with Gasteiger partial charge in [-0.2, -0.15) is 13.2 Å². The second kappa shape index (κ2) is 9.30. The quantitative estimate of drug-likeness (QED) is 0.711. The van der Waals surface area contributed by atoms with Gasteiger partial charge in [-0.05, 0) is 54.8 Å². The van der Waals surface area contributed by atoms with Gasteiger partial charge < -0.3 is 10.0 Å². The van der Waals surface area contributed by atoms with Crippen LogP contribution in [0.2, 0.25) is 0 Å². The fraction of sp³-hybridized carbons (Fsp3) is 0.478. The van der Waals surface area contributed by atoms with Crippen LogP contribution >= 0.6 is 11.8 Å². The molecule has 162 valence electrons. The highest BCUT2D eigenvalue weighted by molar-refractivity contribution is 7.99. The van der Waals surface area contributed by atoms with Gasteiger partial charge in [0.05, 0.1) is 12.2 Å². The first-order valence-corrected chi connectivity index (χ1v) is 11.3. The standard InChI is InChI=1S/C23H27F3N2OS/c24-23(25,26)17-7-8-22-20(16-17)18(19-4-1-2-6-21(19)30-22)5-3-9-27-10-12-28(13-11-27)14-15-29/h1-2,4,6-8,16,18,29H,3,5,9-15H2. The minimum absolute atomic E-state index is 0.00423. The van der Waals surface area contributed by atoms with Crippen molar-refractivity contribution in [1.82, 2.24) is 9.80 Å². The van der Waals surface area contributed by atoms with Crippen LogP contribution in [0.15, 0.2) is 52.3 Å². The number of halogens is 3. The van der Waals surface area contributed by atoms with Crippen LogP contribution in [-0.4, -0.2) is 60.8 Å². The highest BCUT2D eigenvalue weighted by Gasteiger charge is 2.34. The lowest BCUT2D eigenvalue weighted by Gasteiger charge is -2.35. The molecule has 2 aromatic carbocycles. The van der Waals surface area contributed by atoms with Crippen molar-refractivity contribution < 1.29 is 18.3 Å². The summed E-state index contributed by atoms with van der Waals surface area (Å²) >= 11 is 1.57. The lowest BCUT2D eigenvalue weighted by Crippen LogP contribution is -2.47. The normalized spacial score (nSPS) is 20.1. The van der Waals surface area contributed by atoms with E-state index in [0.717, 1.165) is 73.0 Å². The number of rotatable bonds is 6. The van der Waals surface area contributed by atoms with Crippen molar-refractivity contribution in [3.05, 3.63) is 59.2 Å². The summed E-state index contributed by atoms with van der Waals surface area (Å²) in [6, 6.07) is 12.3. The summed E-state index contributed by atoms with van der Waals surface area (Å²) in [5.41, 5.74) is 1.38. The lowest BCUT2D eigenvalue weighted by molar-refractivity contribution is -0.137. The molecule has 1 unspecified atom stereocenters. The van der Waals surface area contributed by atoms with Gasteiger partial charge in [-0.3, -0.25) is 4.90 Å². The van der Waals surface area contributed by atoms with Crippen molar-refractivity contribution in [3.8, 4) is 0 Å². The number of piperazine rings is 1. The summed E-state index contributed by atoms with van der Waals surface area (Å²) in [6.07, 6.45) is -2.54. The predicted octanol–water partition coefficient (Wildman–Crippen LogP) is 4.69. The Morgan fingerprint density at radius 1 is 0.900 bits per heavy atom. The molecule has 1 N–H and O–H groups in total. The average molecular weight is 437 g/mol. The molecule has 7 heteroatoms. The largest absolute Gasteiger partial charge is 0.416 e. The molecular formula is C23H27F3N2OS. The number of hydrogen-bond acceptors (Lipinski definition) is 4. The smallest absolute Gasteiger partial charge is 0.395 e. The van der Waals surface area contributed by atoms with Gasteiger partial charge in [0.15, 0.2) is 0 Å². The van der Waals surface area contributed by atoms with Crippen LogP contribution in [0, 0.1) is 0 Å². The van der Waals surface area contributed by atoms with E-state index in [1.807, 2.05) is 12.1 Å². The number of benzene rings is 2. The number of aliphatic hydroxyl groups excluding tert-OH is 1. The number of hydrogen-bond donors (Lipinski definition) is 1. The van der Waals surface area contributed by atoms with E-state index in [1.165, 1.54) is 12.1 Å². The van der Waals surface area contributed by atoms with Crippen molar-refractivity contribution in [2.45, 2.75) is 34.7 Å². The Morgan fingerprint density at radius 3 is 2.27 bits per heavy atom. The van der Waals surface area contributed by atoms with Gasteiger partial charge in [0.1, 0.15) is 0 Å². The lowest BCUT2D eigenvalue weighted by atomic mass is 9.86. The van der Waals surface area contributed by atoms with Crippen LogP contribution in [-0.2, 0) is 6.18 Å². The summed E-state index contributed by atoms with van der Waals surface area (Å²) in [4.78, 5) is 6.77. The molecule has 1 saturated heterocycles. The van der Waals surface area contributed by atoms with E-state index in [9.17, 15) is 13.2 Å². The number of β-amino-alcohol motifs (C(OH)–C–C–N with tert-alkyl or cyclic N) is 1. The molecule has 0 saturated carbocycles. The van der Waals surface area contributed by atoms with E-state index >= 15 is 0 Å². The Kier molecular flexibility index (Phi) is 6.72.